The van der Waals surface area contributed by atoms with Crippen molar-refractivity contribution in [2.45, 2.75) is 24.5 Å². The minimum atomic E-state index is -0.452. The van der Waals surface area contributed by atoms with Gasteiger partial charge in [0, 0.05) is 17.2 Å². The van der Waals surface area contributed by atoms with Crippen molar-refractivity contribution in [2.75, 3.05) is 7.11 Å². The molecule has 1 aliphatic carbocycles. The number of aromatic nitrogens is 2. The number of nitrogens with zero attached hydrogens (tertiary/aromatic N) is 2. The molecule has 0 N–H and O–H groups in total. The molecule has 0 aromatic carbocycles. The fourth-order valence-corrected chi connectivity index (χ4v) is 1.89. The predicted molar refractivity (Wildman–Crippen MR) is 68.1 cm³/mol. The number of ether oxygens (including phenoxy) is 1. The lowest BCUT2D eigenvalue weighted by Crippen LogP contribution is -2.12. The number of esters is 1. The van der Waals surface area contributed by atoms with Crippen LogP contribution in [-0.2, 0) is 10.5 Å². The van der Waals surface area contributed by atoms with Crippen LogP contribution < -0.4 is 0 Å². The minimum absolute atomic E-state index is 0.295. The lowest BCUT2D eigenvalue weighted by molar-refractivity contribution is 0.0593. The summed E-state index contributed by atoms with van der Waals surface area (Å²) in [6.45, 7) is 3.69. The van der Waals surface area contributed by atoms with Crippen LogP contribution in [0, 0.1) is 0 Å². The summed E-state index contributed by atoms with van der Waals surface area (Å²) in [4.78, 5) is 20.4. The van der Waals surface area contributed by atoms with Crippen LogP contribution in [-0.4, -0.2) is 23.0 Å². The number of carbonyl (C=O) groups is 1. The van der Waals surface area contributed by atoms with Crippen LogP contribution in [0.4, 0.5) is 0 Å². The maximum absolute atomic E-state index is 11.7. The Labute approximate surface area is 106 Å². The molecule has 4 nitrogen and oxygen atoms in total. The van der Waals surface area contributed by atoms with Crippen LogP contribution in [0.3, 0.4) is 0 Å². The molecule has 0 saturated heterocycles. The monoisotopic (exact) mass is 250 g/mol. The molecule has 17 heavy (non-hydrogen) atoms. The van der Waals surface area contributed by atoms with Gasteiger partial charge in [-0.25, -0.2) is 14.8 Å². The van der Waals surface area contributed by atoms with E-state index < -0.39 is 5.97 Å². The lowest BCUT2D eigenvalue weighted by atomic mass is 10.1. The van der Waals surface area contributed by atoms with Gasteiger partial charge in [0.25, 0.3) is 0 Å². The second kappa shape index (κ2) is 4.87. The van der Waals surface area contributed by atoms with E-state index in [0.717, 1.165) is 24.4 Å². The Morgan fingerprint density at radius 3 is 2.76 bits per heavy atom. The summed E-state index contributed by atoms with van der Waals surface area (Å²) in [5, 5.41) is 0. The van der Waals surface area contributed by atoms with Crippen molar-refractivity contribution in [3.8, 4) is 0 Å². The number of hydrogen-bond donors (Lipinski definition) is 1. The Balaban J connectivity index is 2.55. The van der Waals surface area contributed by atoms with E-state index in [2.05, 4.69) is 29.2 Å². The van der Waals surface area contributed by atoms with Crippen LogP contribution in [0.15, 0.2) is 6.58 Å². The van der Waals surface area contributed by atoms with Gasteiger partial charge in [0.05, 0.1) is 12.8 Å². The standard InChI is InChI=1S/C12H14N2O2S/c1-3-8-9(6-17)13-11(7-4-5-7)14-10(8)12(15)16-2/h3,7,17H,1,4-6H2,2H3. The summed E-state index contributed by atoms with van der Waals surface area (Å²) in [5.74, 6) is 1.11. The van der Waals surface area contributed by atoms with Gasteiger partial charge in [-0.3, -0.25) is 0 Å². The molecule has 1 aliphatic rings. The minimum Gasteiger partial charge on any atom is -0.464 e. The highest BCUT2D eigenvalue weighted by molar-refractivity contribution is 7.79. The maximum atomic E-state index is 11.7. The third kappa shape index (κ3) is 2.34. The van der Waals surface area contributed by atoms with Gasteiger partial charge in [-0.05, 0) is 12.8 Å². The van der Waals surface area contributed by atoms with Crippen LogP contribution in [0.2, 0.25) is 0 Å². The van der Waals surface area contributed by atoms with Gasteiger partial charge < -0.3 is 4.74 Å². The van der Waals surface area contributed by atoms with Crippen LogP contribution in [0.5, 0.6) is 0 Å². The van der Waals surface area contributed by atoms with Crippen LogP contribution in [0.1, 0.15) is 46.3 Å². The molecule has 0 spiro atoms. The van der Waals surface area contributed by atoms with E-state index in [1.165, 1.54) is 7.11 Å². The molecule has 0 atom stereocenters. The number of methoxy groups -OCH3 is 1. The van der Waals surface area contributed by atoms with Crippen LogP contribution in [0.25, 0.3) is 6.08 Å². The summed E-state index contributed by atoms with van der Waals surface area (Å²) >= 11 is 4.22. The topological polar surface area (TPSA) is 52.1 Å². The highest BCUT2D eigenvalue weighted by Gasteiger charge is 2.29. The van der Waals surface area contributed by atoms with Crippen molar-refractivity contribution < 1.29 is 9.53 Å². The second-order valence-corrected chi connectivity index (χ2v) is 4.24. The Morgan fingerprint density at radius 2 is 2.29 bits per heavy atom. The maximum Gasteiger partial charge on any atom is 0.357 e. The third-order valence-corrected chi connectivity index (χ3v) is 3.02. The van der Waals surface area contributed by atoms with Gasteiger partial charge in [-0.2, -0.15) is 12.6 Å². The zero-order valence-electron chi connectivity index (χ0n) is 9.64. The molecule has 2 rings (SSSR count). The van der Waals surface area contributed by atoms with Crippen molar-refractivity contribution in [3.63, 3.8) is 0 Å². The molecular formula is C12H14N2O2S. The van der Waals surface area contributed by atoms with E-state index in [0.29, 0.717) is 22.9 Å². The largest absolute Gasteiger partial charge is 0.464 e. The van der Waals surface area contributed by atoms with E-state index in [4.69, 9.17) is 4.74 Å². The second-order valence-electron chi connectivity index (χ2n) is 3.92. The first kappa shape index (κ1) is 12.1. The summed E-state index contributed by atoms with van der Waals surface area (Å²) in [5.41, 5.74) is 1.65. The van der Waals surface area contributed by atoms with Crippen LogP contribution >= 0.6 is 12.6 Å². The van der Waals surface area contributed by atoms with Gasteiger partial charge >= 0.3 is 5.97 Å². The number of thiol groups is 1. The fraction of sp³-hybridized carbons (Fsp3) is 0.417. The molecule has 1 aromatic rings. The van der Waals surface area contributed by atoms with E-state index in [-0.39, 0.29) is 0 Å². The van der Waals surface area contributed by atoms with Crippen molar-refractivity contribution in [1.82, 2.24) is 9.97 Å². The van der Waals surface area contributed by atoms with E-state index in [9.17, 15) is 4.79 Å². The Hall–Kier alpha value is -1.36. The molecule has 5 heteroatoms. The van der Waals surface area contributed by atoms with Crippen molar-refractivity contribution in [2.24, 2.45) is 0 Å². The lowest BCUT2D eigenvalue weighted by Gasteiger charge is -2.09. The average molecular weight is 250 g/mol. The number of carbonyl (C=O) groups excluding carboxylic acids is 1. The van der Waals surface area contributed by atoms with Gasteiger partial charge in [-0.1, -0.05) is 12.7 Å². The molecule has 1 saturated carbocycles. The summed E-state index contributed by atoms with van der Waals surface area (Å²) in [7, 11) is 1.34. The highest BCUT2D eigenvalue weighted by atomic mass is 32.1. The molecule has 0 unspecified atom stereocenters. The van der Waals surface area contributed by atoms with Crippen molar-refractivity contribution in [3.05, 3.63) is 29.4 Å². The van der Waals surface area contributed by atoms with E-state index in [1.54, 1.807) is 6.08 Å². The Bertz CT molecular complexity index is 470. The van der Waals surface area contributed by atoms with Crippen molar-refractivity contribution >= 4 is 24.7 Å². The number of rotatable bonds is 4. The van der Waals surface area contributed by atoms with E-state index in [1.807, 2.05) is 0 Å². The fourth-order valence-electron chi connectivity index (χ4n) is 1.65. The summed E-state index contributed by atoms with van der Waals surface area (Å²) < 4.78 is 4.73. The first-order valence-corrected chi connectivity index (χ1v) is 6.07. The van der Waals surface area contributed by atoms with Gasteiger partial charge in [-0.15, -0.1) is 0 Å². The molecule has 1 heterocycles. The predicted octanol–water partition coefficient (Wildman–Crippen LogP) is 2.21. The number of hydrogen-bond acceptors (Lipinski definition) is 5. The zero-order chi connectivity index (χ0) is 12.4. The molecule has 1 fully saturated rings. The molecule has 0 aliphatic heterocycles. The Morgan fingerprint density at radius 1 is 1.59 bits per heavy atom. The molecule has 0 amide bonds. The average Bonchev–Trinajstić information content (AvgIpc) is 3.20. The van der Waals surface area contributed by atoms with E-state index >= 15 is 0 Å². The Kier molecular flexibility index (Phi) is 3.47. The normalized spacial score (nSPS) is 14.5. The zero-order valence-corrected chi connectivity index (χ0v) is 10.5. The smallest absolute Gasteiger partial charge is 0.357 e. The molecule has 1 aromatic heterocycles. The first-order valence-electron chi connectivity index (χ1n) is 5.43. The van der Waals surface area contributed by atoms with Gasteiger partial charge in [0.15, 0.2) is 5.69 Å². The molecule has 0 bridgehead atoms. The molecular weight excluding hydrogens is 236 g/mol. The van der Waals surface area contributed by atoms with Crippen molar-refractivity contribution in [1.29, 1.82) is 0 Å². The van der Waals surface area contributed by atoms with Gasteiger partial charge in [0.2, 0.25) is 0 Å². The molecule has 0 radical (unpaired) electrons. The highest BCUT2D eigenvalue weighted by Crippen LogP contribution is 2.38. The summed E-state index contributed by atoms with van der Waals surface area (Å²) in [6, 6.07) is 0. The SMILES string of the molecule is C=Cc1c(CS)nc(C2CC2)nc1C(=O)OC. The molecule has 90 valence electrons. The first-order chi connectivity index (χ1) is 8.21. The summed E-state index contributed by atoms with van der Waals surface area (Å²) in [6.07, 6.45) is 3.74. The quantitative estimate of drug-likeness (QED) is 0.657. The third-order valence-electron chi connectivity index (χ3n) is 2.72. The van der Waals surface area contributed by atoms with Gasteiger partial charge in [0.1, 0.15) is 5.82 Å².